The van der Waals surface area contributed by atoms with Crippen molar-refractivity contribution in [1.82, 2.24) is 20.6 Å². The SMILES string of the molecule is CNCC(CNC(=O)c1nc(Cl)c(N)nc1N)Cc1ccccc1. The lowest BCUT2D eigenvalue weighted by Crippen LogP contribution is -2.35. The molecule has 0 saturated carbocycles. The van der Waals surface area contributed by atoms with Crippen LogP contribution >= 0.6 is 11.6 Å². The van der Waals surface area contributed by atoms with E-state index < -0.39 is 5.91 Å². The van der Waals surface area contributed by atoms with Gasteiger partial charge in [0, 0.05) is 6.54 Å². The second kappa shape index (κ2) is 8.47. The Morgan fingerprint density at radius 1 is 1.17 bits per heavy atom. The van der Waals surface area contributed by atoms with Crippen LogP contribution in [0.2, 0.25) is 5.15 Å². The standard InChI is InChI=1S/C16H21ClN6O/c1-20-8-11(7-10-5-3-2-4-6-10)9-21-16(24)12-14(18)23-15(19)13(17)22-12/h2-6,11,20H,7-9H2,1H3,(H,21,24)(H4,18,19,23). The maximum atomic E-state index is 12.3. The van der Waals surface area contributed by atoms with Gasteiger partial charge in [0.2, 0.25) is 0 Å². The van der Waals surface area contributed by atoms with Crippen molar-refractivity contribution in [2.75, 3.05) is 31.6 Å². The Hall–Kier alpha value is -2.38. The van der Waals surface area contributed by atoms with E-state index in [1.165, 1.54) is 5.56 Å². The van der Waals surface area contributed by atoms with Crippen LogP contribution in [0.5, 0.6) is 0 Å². The zero-order chi connectivity index (χ0) is 17.5. The molecule has 0 aliphatic carbocycles. The lowest BCUT2D eigenvalue weighted by atomic mass is 9.99. The topological polar surface area (TPSA) is 119 Å². The van der Waals surface area contributed by atoms with Crippen LogP contribution in [0.4, 0.5) is 11.6 Å². The van der Waals surface area contributed by atoms with Gasteiger partial charge in [0.05, 0.1) is 0 Å². The molecule has 1 aromatic carbocycles. The van der Waals surface area contributed by atoms with Gasteiger partial charge in [-0.05, 0) is 31.5 Å². The van der Waals surface area contributed by atoms with Crippen molar-refractivity contribution < 1.29 is 4.79 Å². The summed E-state index contributed by atoms with van der Waals surface area (Å²) in [5, 5.41) is 5.93. The number of hydrogen-bond acceptors (Lipinski definition) is 6. The minimum Gasteiger partial charge on any atom is -0.382 e. The van der Waals surface area contributed by atoms with E-state index in [-0.39, 0.29) is 28.4 Å². The van der Waals surface area contributed by atoms with Crippen LogP contribution in [0, 0.1) is 5.92 Å². The second-order valence-corrected chi connectivity index (χ2v) is 5.81. The number of nitrogens with two attached hydrogens (primary N) is 2. The average Bonchev–Trinajstić information content (AvgIpc) is 2.57. The predicted molar refractivity (Wildman–Crippen MR) is 95.8 cm³/mol. The van der Waals surface area contributed by atoms with E-state index in [0.717, 1.165) is 13.0 Å². The van der Waals surface area contributed by atoms with E-state index in [1.54, 1.807) is 0 Å². The van der Waals surface area contributed by atoms with Gasteiger partial charge in [-0.1, -0.05) is 41.9 Å². The third-order valence-electron chi connectivity index (χ3n) is 3.53. The van der Waals surface area contributed by atoms with Gasteiger partial charge in [-0.2, -0.15) is 0 Å². The minimum absolute atomic E-state index is 0.00264. The molecule has 128 valence electrons. The number of rotatable bonds is 7. The van der Waals surface area contributed by atoms with Gasteiger partial charge in [-0.3, -0.25) is 4.79 Å². The lowest BCUT2D eigenvalue weighted by Gasteiger charge is -2.17. The number of hydrogen-bond donors (Lipinski definition) is 4. The van der Waals surface area contributed by atoms with Crippen LogP contribution in [0.3, 0.4) is 0 Å². The Labute approximate surface area is 145 Å². The van der Waals surface area contributed by atoms with Crippen molar-refractivity contribution in [3.63, 3.8) is 0 Å². The maximum absolute atomic E-state index is 12.3. The highest BCUT2D eigenvalue weighted by molar-refractivity contribution is 6.31. The zero-order valence-corrected chi connectivity index (χ0v) is 14.2. The molecule has 0 fully saturated rings. The number of carbonyl (C=O) groups excluding carboxylic acids is 1. The number of nitrogens with one attached hydrogen (secondary N) is 2. The fraction of sp³-hybridized carbons (Fsp3) is 0.312. The summed E-state index contributed by atoms with van der Waals surface area (Å²) >= 11 is 5.81. The molecule has 1 unspecified atom stereocenters. The number of carbonyl (C=O) groups is 1. The Kier molecular flexibility index (Phi) is 6.34. The number of nitrogen functional groups attached to an aromatic ring is 2. The summed E-state index contributed by atoms with van der Waals surface area (Å²) in [5.74, 6) is -0.235. The normalized spacial score (nSPS) is 11.9. The van der Waals surface area contributed by atoms with Crippen molar-refractivity contribution >= 4 is 29.1 Å². The molecular formula is C16H21ClN6O. The summed E-state index contributed by atoms with van der Waals surface area (Å²) < 4.78 is 0. The van der Waals surface area contributed by atoms with E-state index in [9.17, 15) is 4.79 Å². The largest absolute Gasteiger partial charge is 0.382 e. The first-order valence-electron chi connectivity index (χ1n) is 7.56. The highest BCUT2D eigenvalue weighted by Gasteiger charge is 2.17. The van der Waals surface area contributed by atoms with E-state index in [1.807, 2.05) is 25.2 Å². The van der Waals surface area contributed by atoms with Gasteiger partial charge < -0.3 is 22.1 Å². The van der Waals surface area contributed by atoms with E-state index in [4.69, 9.17) is 23.1 Å². The molecule has 8 heteroatoms. The van der Waals surface area contributed by atoms with E-state index in [0.29, 0.717) is 6.54 Å². The van der Waals surface area contributed by atoms with Crippen LogP contribution in [0.1, 0.15) is 16.1 Å². The number of nitrogens with zero attached hydrogens (tertiary/aromatic N) is 2. The molecule has 6 N–H and O–H groups in total. The molecule has 1 heterocycles. The van der Waals surface area contributed by atoms with Crippen LogP contribution < -0.4 is 22.1 Å². The molecule has 1 amide bonds. The number of benzene rings is 1. The molecule has 0 aliphatic heterocycles. The highest BCUT2D eigenvalue weighted by Crippen LogP contribution is 2.17. The fourth-order valence-electron chi connectivity index (χ4n) is 2.38. The first-order valence-corrected chi connectivity index (χ1v) is 7.94. The molecule has 0 saturated heterocycles. The number of aromatic nitrogens is 2. The van der Waals surface area contributed by atoms with Crippen molar-refractivity contribution in [2.24, 2.45) is 5.92 Å². The Morgan fingerprint density at radius 3 is 2.54 bits per heavy atom. The smallest absolute Gasteiger partial charge is 0.273 e. The molecule has 0 spiro atoms. The predicted octanol–water partition coefficient (Wildman–Crippen LogP) is 1.10. The third-order valence-corrected chi connectivity index (χ3v) is 3.81. The van der Waals surface area contributed by atoms with Gasteiger partial charge in [0.15, 0.2) is 22.5 Å². The minimum atomic E-state index is -0.420. The van der Waals surface area contributed by atoms with Crippen molar-refractivity contribution in [3.8, 4) is 0 Å². The number of halogens is 1. The Morgan fingerprint density at radius 2 is 1.88 bits per heavy atom. The highest BCUT2D eigenvalue weighted by atomic mass is 35.5. The quantitative estimate of drug-likeness (QED) is 0.595. The van der Waals surface area contributed by atoms with E-state index in [2.05, 4.69) is 32.7 Å². The molecule has 2 rings (SSSR count). The fourth-order valence-corrected chi connectivity index (χ4v) is 2.51. The summed E-state index contributed by atoms with van der Waals surface area (Å²) in [6, 6.07) is 10.1. The molecule has 24 heavy (non-hydrogen) atoms. The van der Waals surface area contributed by atoms with E-state index >= 15 is 0 Å². The summed E-state index contributed by atoms with van der Waals surface area (Å²) in [6.45, 7) is 1.23. The lowest BCUT2D eigenvalue weighted by molar-refractivity contribution is 0.0942. The maximum Gasteiger partial charge on any atom is 0.273 e. The third kappa shape index (κ3) is 4.81. The molecule has 7 nitrogen and oxygen atoms in total. The number of anilines is 2. The molecule has 1 aromatic heterocycles. The average molecular weight is 349 g/mol. The monoisotopic (exact) mass is 348 g/mol. The van der Waals surface area contributed by atoms with Gasteiger partial charge in [-0.15, -0.1) is 0 Å². The van der Waals surface area contributed by atoms with Gasteiger partial charge in [-0.25, -0.2) is 9.97 Å². The first-order chi connectivity index (χ1) is 11.5. The first kappa shape index (κ1) is 18.0. The summed E-state index contributed by atoms with van der Waals surface area (Å²) in [7, 11) is 1.88. The Balaban J connectivity index is 2.01. The zero-order valence-electron chi connectivity index (χ0n) is 13.4. The number of amides is 1. The molecule has 1 atom stereocenters. The van der Waals surface area contributed by atoms with Crippen LogP contribution in [0.25, 0.3) is 0 Å². The van der Waals surface area contributed by atoms with Crippen LogP contribution in [-0.2, 0) is 6.42 Å². The van der Waals surface area contributed by atoms with Gasteiger partial charge in [0.1, 0.15) is 0 Å². The molecule has 0 aliphatic rings. The van der Waals surface area contributed by atoms with Crippen molar-refractivity contribution in [1.29, 1.82) is 0 Å². The summed E-state index contributed by atoms with van der Waals surface area (Å²) in [5.41, 5.74) is 12.4. The Bertz CT molecular complexity index is 694. The summed E-state index contributed by atoms with van der Waals surface area (Å²) in [6.07, 6.45) is 0.839. The van der Waals surface area contributed by atoms with Gasteiger partial charge >= 0.3 is 0 Å². The molecule has 0 bridgehead atoms. The second-order valence-electron chi connectivity index (χ2n) is 5.46. The van der Waals surface area contributed by atoms with Crippen molar-refractivity contribution in [3.05, 3.63) is 46.7 Å². The van der Waals surface area contributed by atoms with Crippen molar-refractivity contribution in [2.45, 2.75) is 6.42 Å². The van der Waals surface area contributed by atoms with Crippen LogP contribution in [-0.4, -0.2) is 36.0 Å². The molecular weight excluding hydrogens is 328 g/mol. The van der Waals surface area contributed by atoms with Gasteiger partial charge in [0.25, 0.3) is 5.91 Å². The molecule has 2 aromatic rings. The molecule has 0 radical (unpaired) electrons. The summed E-state index contributed by atoms with van der Waals surface area (Å²) in [4.78, 5) is 20.0. The van der Waals surface area contributed by atoms with Crippen LogP contribution in [0.15, 0.2) is 30.3 Å².